The smallest absolute Gasteiger partial charge is 0.0703 e. The van der Waals surface area contributed by atoms with Crippen LogP contribution in [0.15, 0.2) is 0 Å². The van der Waals surface area contributed by atoms with Gasteiger partial charge in [0, 0.05) is 13.7 Å². The van der Waals surface area contributed by atoms with Gasteiger partial charge in [-0.3, -0.25) is 0 Å². The molecule has 0 aliphatic rings. The monoisotopic (exact) mass is 105 g/mol. The van der Waals surface area contributed by atoms with Gasteiger partial charge in [-0.05, 0) is 6.42 Å². The number of hydroxylamine groups is 1. The summed E-state index contributed by atoms with van der Waals surface area (Å²) in [6, 6.07) is 0. The Balaban J connectivity index is 2.45. The van der Waals surface area contributed by atoms with Crippen molar-refractivity contribution < 1.29 is 9.94 Å². The first-order valence-corrected chi connectivity index (χ1v) is 2.31. The highest BCUT2D eigenvalue weighted by molar-refractivity contribution is 4.25. The minimum atomic E-state index is 0.196. The summed E-state index contributed by atoms with van der Waals surface area (Å²) >= 11 is 0. The van der Waals surface area contributed by atoms with Crippen molar-refractivity contribution in [2.45, 2.75) is 6.42 Å². The Kier molecular flexibility index (Phi) is 5.78. The minimum Gasteiger partial charge on any atom is -0.396 e. The predicted octanol–water partition coefficient (Wildman–Crippen LogP) is -0.480. The molecule has 0 aliphatic heterocycles. The van der Waals surface area contributed by atoms with Crippen LogP contribution in [0.5, 0.6) is 0 Å². The molecule has 0 saturated carbocycles. The molecule has 0 fully saturated rings. The second-order valence-electron chi connectivity index (χ2n) is 1.13. The van der Waals surface area contributed by atoms with Crippen molar-refractivity contribution in [1.29, 1.82) is 0 Å². The Bertz CT molecular complexity index is 28.9. The molecule has 0 aromatic rings. The quantitative estimate of drug-likeness (QED) is 0.375. The van der Waals surface area contributed by atoms with Crippen LogP contribution in [-0.2, 0) is 4.84 Å². The average Bonchev–Trinajstić information content (AvgIpc) is 1.69. The van der Waals surface area contributed by atoms with Gasteiger partial charge in [0.1, 0.15) is 0 Å². The molecule has 0 aromatic carbocycles. The number of hydrogen-bond acceptors (Lipinski definition) is 3. The zero-order valence-electron chi connectivity index (χ0n) is 4.48. The summed E-state index contributed by atoms with van der Waals surface area (Å²) in [5.74, 6) is 0. The maximum atomic E-state index is 8.19. The van der Waals surface area contributed by atoms with Gasteiger partial charge in [0.25, 0.3) is 0 Å². The Morgan fingerprint density at radius 3 is 2.86 bits per heavy atom. The maximum absolute atomic E-state index is 8.19. The van der Waals surface area contributed by atoms with Gasteiger partial charge in [-0.2, -0.15) is 0 Å². The second-order valence-corrected chi connectivity index (χ2v) is 1.13. The van der Waals surface area contributed by atoms with Crippen LogP contribution >= 0.6 is 0 Å². The molecule has 0 rings (SSSR count). The summed E-state index contributed by atoms with van der Waals surface area (Å²) in [6.45, 7) is 0.772. The van der Waals surface area contributed by atoms with Crippen molar-refractivity contribution in [3.05, 3.63) is 0 Å². The third-order valence-electron chi connectivity index (χ3n) is 0.549. The molecule has 3 nitrogen and oxygen atoms in total. The van der Waals surface area contributed by atoms with E-state index in [2.05, 4.69) is 10.3 Å². The Morgan fingerprint density at radius 1 is 1.71 bits per heavy atom. The van der Waals surface area contributed by atoms with Crippen molar-refractivity contribution in [2.75, 3.05) is 20.3 Å². The number of hydrogen-bond donors (Lipinski definition) is 2. The molecule has 3 heteroatoms. The summed E-state index contributed by atoms with van der Waals surface area (Å²) in [7, 11) is 1.69. The van der Waals surface area contributed by atoms with Crippen LogP contribution in [0.25, 0.3) is 0 Å². The number of nitrogens with one attached hydrogen (secondary N) is 1. The highest BCUT2D eigenvalue weighted by Crippen LogP contribution is 1.73. The van der Waals surface area contributed by atoms with E-state index in [0.717, 1.165) is 0 Å². The molecule has 0 heterocycles. The van der Waals surface area contributed by atoms with E-state index in [1.54, 1.807) is 7.05 Å². The fourth-order valence-corrected chi connectivity index (χ4v) is 0.239. The number of aliphatic hydroxyl groups excluding tert-OH is 1. The third-order valence-corrected chi connectivity index (χ3v) is 0.549. The summed E-state index contributed by atoms with van der Waals surface area (Å²) < 4.78 is 0. The van der Waals surface area contributed by atoms with Gasteiger partial charge in [-0.1, -0.05) is 0 Å². The lowest BCUT2D eigenvalue weighted by molar-refractivity contribution is 0.0479. The van der Waals surface area contributed by atoms with Crippen LogP contribution in [0.2, 0.25) is 0 Å². The molecule has 2 N–H and O–H groups in total. The third kappa shape index (κ3) is 5.88. The van der Waals surface area contributed by atoms with Gasteiger partial charge in [-0.15, -0.1) is 0 Å². The molecule has 0 bridgehead atoms. The van der Waals surface area contributed by atoms with Crippen LogP contribution < -0.4 is 5.48 Å². The van der Waals surface area contributed by atoms with Crippen LogP contribution in [-0.4, -0.2) is 25.4 Å². The number of rotatable bonds is 4. The molecule has 0 aliphatic carbocycles. The molecule has 0 aromatic heterocycles. The fraction of sp³-hybridized carbons (Fsp3) is 1.00. The summed E-state index contributed by atoms with van der Waals surface area (Å²) in [6.07, 6.45) is 0.695. The first-order chi connectivity index (χ1) is 3.41. The molecule has 0 spiro atoms. The van der Waals surface area contributed by atoms with Crippen LogP contribution in [0.1, 0.15) is 6.42 Å². The van der Waals surface area contributed by atoms with E-state index in [9.17, 15) is 0 Å². The molecular weight excluding hydrogens is 94.0 g/mol. The Hall–Kier alpha value is -0.120. The highest BCUT2D eigenvalue weighted by Gasteiger charge is 1.79. The molecule has 0 unspecified atom stereocenters. The molecule has 0 atom stereocenters. The van der Waals surface area contributed by atoms with E-state index >= 15 is 0 Å². The van der Waals surface area contributed by atoms with Gasteiger partial charge in [0.15, 0.2) is 0 Å². The zero-order chi connectivity index (χ0) is 5.54. The maximum Gasteiger partial charge on any atom is 0.0703 e. The predicted molar refractivity (Wildman–Crippen MR) is 26.7 cm³/mol. The number of aliphatic hydroxyl groups is 1. The molecule has 44 valence electrons. The molecule has 0 amide bonds. The lowest BCUT2D eigenvalue weighted by atomic mass is 10.5. The van der Waals surface area contributed by atoms with Gasteiger partial charge in [0.2, 0.25) is 0 Å². The van der Waals surface area contributed by atoms with E-state index < -0.39 is 0 Å². The Labute approximate surface area is 43.2 Å². The van der Waals surface area contributed by atoms with Crippen molar-refractivity contribution in [3.8, 4) is 0 Å². The van der Waals surface area contributed by atoms with E-state index in [0.29, 0.717) is 13.0 Å². The van der Waals surface area contributed by atoms with E-state index in [4.69, 9.17) is 5.11 Å². The van der Waals surface area contributed by atoms with Crippen LogP contribution in [0.3, 0.4) is 0 Å². The molecular formula is C4H11NO2. The minimum absolute atomic E-state index is 0.196. The van der Waals surface area contributed by atoms with Crippen molar-refractivity contribution in [3.63, 3.8) is 0 Å². The van der Waals surface area contributed by atoms with Crippen molar-refractivity contribution >= 4 is 0 Å². The molecule has 0 radical (unpaired) electrons. The lowest BCUT2D eigenvalue weighted by Gasteiger charge is -1.95. The van der Waals surface area contributed by atoms with E-state index in [1.807, 2.05) is 0 Å². The summed E-state index contributed by atoms with van der Waals surface area (Å²) in [4.78, 5) is 4.66. The lowest BCUT2D eigenvalue weighted by Crippen LogP contribution is -2.08. The second kappa shape index (κ2) is 5.88. The fourth-order valence-electron chi connectivity index (χ4n) is 0.239. The topological polar surface area (TPSA) is 41.5 Å². The Morgan fingerprint density at radius 2 is 2.43 bits per heavy atom. The first-order valence-electron chi connectivity index (χ1n) is 2.31. The van der Waals surface area contributed by atoms with Crippen LogP contribution in [0, 0.1) is 0 Å². The average molecular weight is 105 g/mol. The largest absolute Gasteiger partial charge is 0.396 e. The van der Waals surface area contributed by atoms with Gasteiger partial charge in [-0.25, -0.2) is 5.48 Å². The zero-order valence-corrected chi connectivity index (χ0v) is 4.48. The molecule has 7 heavy (non-hydrogen) atoms. The summed E-state index contributed by atoms with van der Waals surface area (Å²) in [5.41, 5.74) is 2.49. The molecule has 0 saturated heterocycles. The van der Waals surface area contributed by atoms with E-state index in [1.165, 1.54) is 0 Å². The van der Waals surface area contributed by atoms with Crippen LogP contribution in [0.4, 0.5) is 0 Å². The SMILES string of the molecule is CNOCCCO. The standard InChI is InChI=1S/C4H11NO2/c1-5-7-4-2-3-6/h5-6H,2-4H2,1H3. The summed E-state index contributed by atoms with van der Waals surface area (Å²) in [5, 5.41) is 8.19. The highest BCUT2D eigenvalue weighted by atomic mass is 16.6. The first kappa shape index (κ1) is 6.88. The van der Waals surface area contributed by atoms with E-state index in [-0.39, 0.29) is 6.61 Å². The van der Waals surface area contributed by atoms with Gasteiger partial charge >= 0.3 is 0 Å². The van der Waals surface area contributed by atoms with Crippen molar-refractivity contribution in [1.82, 2.24) is 5.48 Å². The van der Waals surface area contributed by atoms with Gasteiger partial charge in [0.05, 0.1) is 6.61 Å². The normalized spacial score (nSPS) is 9.43. The van der Waals surface area contributed by atoms with Crippen molar-refractivity contribution in [2.24, 2.45) is 0 Å². The van der Waals surface area contributed by atoms with Gasteiger partial charge < -0.3 is 9.94 Å².